The van der Waals surface area contributed by atoms with Gasteiger partial charge in [0.25, 0.3) is 5.91 Å². The van der Waals surface area contributed by atoms with Crippen LogP contribution in [0.3, 0.4) is 0 Å². The number of rotatable bonds is 2. The average Bonchev–Trinajstić information content (AvgIpc) is 2.53. The maximum absolute atomic E-state index is 10.8. The number of aliphatic imine (C=N–C) groups is 1. The second kappa shape index (κ2) is 4.21. The van der Waals surface area contributed by atoms with Crippen LogP contribution in [-0.2, 0) is 9.53 Å². The van der Waals surface area contributed by atoms with E-state index in [1.54, 1.807) is 11.8 Å². The highest BCUT2D eigenvalue weighted by Crippen LogP contribution is 2.14. The lowest BCUT2D eigenvalue weighted by Crippen LogP contribution is -2.38. The summed E-state index contributed by atoms with van der Waals surface area (Å²) in [6.45, 7) is 4.32. The van der Waals surface area contributed by atoms with Crippen LogP contribution < -0.4 is 0 Å². The zero-order valence-electron chi connectivity index (χ0n) is 7.36. The van der Waals surface area contributed by atoms with E-state index in [0.717, 1.165) is 37.9 Å². The standard InChI is InChI=1S/C8H12N2O2S/c11-7-6-13-8(9-7)5-10-1-3-12-4-2-10/h1-6H2. The smallest absolute Gasteiger partial charge is 0.256 e. The lowest BCUT2D eigenvalue weighted by Gasteiger charge is -2.25. The van der Waals surface area contributed by atoms with Crippen molar-refractivity contribution in [3.63, 3.8) is 0 Å². The quantitative estimate of drug-likeness (QED) is 0.629. The van der Waals surface area contributed by atoms with Crippen molar-refractivity contribution in [1.29, 1.82) is 0 Å². The van der Waals surface area contributed by atoms with Crippen molar-refractivity contribution in [2.24, 2.45) is 4.99 Å². The second-order valence-corrected chi connectivity index (χ2v) is 4.13. The highest BCUT2D eigenvalue weighted by atomic mass is 32.2. The number of carbonyl (C=O) groups is 1. The predicted molar refractivity (Wildman–Crippen MR) is 52.2 cm³/mol. The Morgan fingerprint density at radius 2 is 2.23 bits per heavy atom. The first-order valence-corrected chi connectivity index (χ1v) is 5.36. The van der Waals surface area contributed by atoms with Gasteiger partial charge in [-0.1, -0.05) is 11.8 Å². The predicted octanol–water partition coefficient (Wildman–Crippen LogP) is -0.00950. The molecule has 0 aromatic heterocycles. The van der Waals surface area contributed by atoms with E-state index in [1.165, 1.54) is 0 Å². The minimum Gasteiger partial charge on any atom is -0.379 e. The van der Waals surface area contributed by atoms with E-state index in [9.17, 15) is 4.79 Å². The monoisotopic (exact) mass is 200 g/mol. The minimum atomic E-state index is 0.00765. The van der Waals surface area contributed by atoms with Crippen LogP contribution in [0.1, 0.15) is 0 Å². The van der Waals surface area contributed by atoms with Crippen LogP contribution >= 0.6 is 11.8 Å². The number of carbonyl (C=O) groups excluding carboxylic acids is 1. The van der Waals surface area contributed by atoms with Crippen molar-refractivity contribution in [3.8, 4) is 0 Å². The Balaban J connectivity index is 1.83. The van der Waals surface area contributed by atoms with Gasteiger partial charge in [-0.3, -0.25) is 9.69 Å². The van der Waals surface area contributed by atoms with E-state index in [1.807, 2.05) is 0 Å². The van der Waals surface area contributed by atoms with Gasteiger partial charge in [0, 0.05) is 19.6 Å². The molecule has 2 aliphatic heterocycles. The summed E-state index contributed by atoms with van der Waals surface area (Å²) >= 11 is 1.56. The van der Waals surface area contributed by atoms with Crippen molar-refractivity contribution in [3.05, 3.63) is 0 Å². The number of hydrogen-bond donors (Lipinski definition) is 0. The Kier molecular flexibility index (Phi) is 2.97. The Morgan fingerprint density at radius 1 is 1.46 bits per heavy atom. The molecule has 0 unspecified atom stereocenters. The highest BCUT2D eigenvalue weighted by molar-refractivity contribution is 8.15. The van der Waals surface area contributed by atoms with E-state index in [4.69, 9.17) is 4.74 Å². The van der Waals surface area contributed by atoms with E-state index < -0.39 is 0 Å². The fourth-order valence-electron chi connectivity index (χ4n) is 1.38. The summed E-state index contributed by atoms with van der Waals surface area (Å²) in [6.07, 6.45) is 0. The summed E-state index contributed by atoms with van der Waals surface area (Å²) < 4.78 is 5.23. The lowest BCUT2D eigenvalue weighted by atomic mass is 10.4. The molecule has 0 radical (unpaired) electrons. The summed E-state index contributed by atoms with van der Waals surface area (Å²) in [4.78, 5) is 17.1. The van der Waals surface area contributed by atoms with Crippen LogP contribution in [0.15, 0.2) is 4.99 Å². The maximum Gasteiger partial charge on any atom is 0.256 e. The van der Waals surface area contributed by atoms with Gasteiger partial charge in [0.05, 0.1) is 24.0 Å². The molecule has 1 fully saturated rings. The molecule has 0 aliphatic carbocycles. The zero-order chi connectivity index (χ0) is 9.10. The topological polar surface area (TPSA) is 41.9 Å². The van der Waals surface area contributed by atoms with Gasteiger partial charge in [0.2, 0.25) is 0 Å². The molecular weight excluding hydrogens is 188 g/mol. The van der Waals surface area contributed by atoms with Crippen LogP contribution in [0, 0.1) is 0 Å². The molecule has 13 heavy (non-hydrogen) atoms. The van der Waals surface area contributed by atoms with Gasteiger partial charge in [-0.2, -0.15) is 0 Å². The number of nitrogens with zero attached hydrogens (tertiary/aromatic N) is 2. The normalized spacial score (nSPS) is 24.9. The van der Waals surface area contributed by atoms with E-state index in [2.05, 4.69) is 9.89 Å². The van der Waals surface area contributed by atoms with Crippen molar-refractivity contribution in [2.45, 2.75) is 0 Å². The van der Waals surface area contributed by atoms with Gasteiger partial charge < -0.3 is 4.74 Å². The Hall–Kier alpha value is -0.390. The van der Waals surface area contributed by atoms with E-state index in [0.29, 0.717) is 5.75 Å². The van der Waals surface area contributed by atoms with Crippen molar-refractivity contribution in [2.75, 3.05) is 38.6 Å². The van der Waals surface area contributed by atoms with Crippen LogP contribution in [0.25, 0.3) is 0 Å². The first-order valence-electron chi connectivity index (χ1n) is 4.38. The molecule has 4 nitrogen and oxygen atoms in total. The van der Waals surface area contributed by atoms with Crippen molar-refractivity contribution < 1.29 is 9.53 Å². The van der Waals surface area contributed by atoms with E-state index in [-0.39, 0.29) is 5.91 Å². The second-order valence-electron chi connectivity index (χ2n) is 3.08. The third kappa shape index (κ3) is 2.52. The number of morpholine rings is 1. The zero-order valence-corrected chi connectivity index (χ0v) is 8.18. The summed E-state index contributed by atoms with van der Waals surface area (Å²) in [6, 6.07) is 0. The molecule has 0 saturated carbocycles. The van der Waals surface area contributed by atoms with Crippen LogP contribution in [-0.4, -0.2) is 54.5 Å². The molecule has 2 rings (SSSR count). The Morgan fingerprint density at radius 3 is 2.85 bits per heavy atom. The molecule has 0 atom stereocenters. The molecular formula is C8H12N2O2S. The maximum atomic E-state index is 10.8. The molecule has 0 N–H and O–H groups in total. The first-order chi connectivity index (χ1) is 6.34. The number of ether oxygens (including phenoxy) is 1. The van der Waals surface area contributed by atoms with Crippen LogP contribution in [0.4, 0.5) is 0 Å². The Bertz CT molecular complexity index is 236. The third-order valence-electron chi connectivity index (χ3n) is 2.07. The molecule has 0 aromatic rings. The van der Waals surface area contributed by atoms with E-state index >= 15 is 0 Å². The molecule has 0 spiro atoms. The Labute approximate surface area is 81.3 Å². The average molecular weight is 200 g/mol. The molecule has 2 heterocycles. The molecule has 2 aliphatic rings. The number of thioether (sulfide) groups is 1. The molecule has 0 bridgehead atoms. The van der Waals surface area contributed by atoms with Gasteiger partial charge in [-0.25, -0.2) is 4.99 Å². The van der Waals surface area contributed by atoms with Gasteiger partial charge in [-0.15, -0.1) is 0 Å². The molecule has 1 amide bonds. The number of amides is 1. The summed E-state index contributed by atoms with van der Waals surface area (Å²) in [5.41, 5.74) is 0. The lowest BCUT2D eigenvalue weighted by molar-refractivity contribution is -0.115. The summed E-state index contributed by atoms with van der Waals surface area (Å²) in [5, 5.41) is 0.965. The molecule has 1 saturated heterocycles. The van der Waals surface area contributed by atoms with Crippen LogP contribution in [0.2, 0.25) is 0 Å². The van der Waals surface area contributed by atoms with Gasteiger partial charge >= 0.3 is 0 Å². The number of hydrogen-bond acceptors (Lipinski definition) is 4. The summed E-state index contributed by atoms with van der Waals surface area (Å²) in [7, 11) is 0. The van der Waals surface area contributed by atoms with Crippen molar-refractivity contribution >= 4 is 22.7 Å². The molecule has 5 heteroatoms. The first kappa shape index (κ1) is 9.18. The van der Waals surface area contributed by atoms with Gasteiger partial charge in [0.1, 0.15) is 0 Å². The molecule has 72 valence electrons. The fourth-order valence-corrected chi connectivity index (χ4v) is 2.18. The third-order valence-corrected chi connectivity index (χ3v) is 3.02. The SMILES string of the molecule is O=C1CSC(CN2CCOCC2)=N1. The largest absolute Gasteiger partial charge is 0.379 e. The van der Waals surface area contributed by atoms with Gasteiger partial charge in [-0.05, 0) is 0 Å². The van der Waals surface area contributed by atoms with Gasteiger partial charge in [0.15, 0.2) is 0 Å². The van der Waals surface area contributed by atoms with Crippen molar-refractivity contribution in [1.82, 2.24) is 4.90 Å². The summed E-state index contributed by atoms with van der Waals surface area (Å²) in [5.74, 6) is 0.535. The fraction of sp³-hybridized carbons (Fsp3) is 0.750. The molecule has 0 aromatic carbocycles. The minimum absolute atomic E-state index is 0.00765. The van der Waals surface area contributed by atoms with Crippen LogP contribution in [0.5, 0.6) is 0 Å². The highest BCUT2D eigenvalue weighted by Gasteiger charge is 2.18.